The third kappa shape index (κ3) is 3.48. The van der Waals surface area contributed by atoms with Gasteiger partial charge in [0.1, 0.15) is 5.75 Å². The van der Waals surface area contributed by atoms with Crippen LogP contribution in [0.5, 0.6) is 5.75 Å². The summed E-state index contributed by atoms with van der Waals surface area (Å²) in [6.07, 6.45) is 3.80. The lowest BCUT2D eigenvalue weighted by Gasteiger charge is -2.32. The molecule has 0 spiro atoms. The molecule has 0 saturated carbocycles. The second-order valence-electron chi connectivity index (χ2n) is 5.42. The summed E-state index contributed by atoms with van der Waals surface area (Å²) < 4.78 is 5.51. The summed E-state index contributed by atoms with van der Waals surface area (Å²) in [5, 5.41) is 0. The predicted octanol–water partition coefficient (Wildman–Crippen LogP) is 2.82. The fourth-order valence-corrected chi connectivity index (χ4v) is 3.13. The molecule has 0 amide bonds. The van der Waals surface area contributed by atoms with Gasteiger partial charge in [-0.05, 0) is 63.5 Å². The van der Waals surface area contributed by atoms with Gasteiger partial charge in [0, 0.05) is 6.04 Å². The number of ether oxygens (including phenoxy) is 1. The molecule has 1 aromatic rings. The summed E-state index contributed by atoms with van der Waals surface area (Å²) in [6, 6.07) is 8.99. The van der Waals surface area contributed by atoms with Crippen LogP contribution in [0.4, 0.5) is 0 Å². The lowest BCUT2D eigenvalue weighted by molar-refractivity contribution is 0.196. The number of hydrogen-bond donors (Lipinski definition) is 1. The molecule has 2 rings (SSSR count). The second-order valence-corrected chi connectivity index (χ2v) is 5.42. The van der Waals surface area contributed by atoms with Crippen molar-refractivity contribution in [3.63, 3.8) is 0 Å². The van der Waals surface area contributed by atoms with Crippen molar-refractivity contribution in [3.05, 3.63) is 29.8 Å². The van der Waals surface area contributed by atoms with Crippen LogP contribution in [0.25, 0.3) is 0 Å². The van der Waals surface area contributed by atoms with Gasteiger partial charge in [0.15, 0.2) is 0 Å². The SMILES string of the molecule is CCOc1ccc(C2C(CN)CCCCN2C)cc1. The zero-order chi connectivity index (χ0) is 13.7. The molecule has 3 nitrogen and oxygen atoms in total. The van der Waals surface area contributed by atoms with E-state index in [4.69, 9.17) is 10.5 Å². The van der Waals surface area contributed by atoms with Gasteiger partial charge in [-0.3, -0.25) is 4.90 Å². The highest BCUT2D eigenvalue weighted by Gasteiger charge is 2.27. The molecule has 0 aromatic heterocycles. The largest absolute Gasteiger partial charge is 0.494 e. The zero-order valence-electron chi connectivity index (χ0n) is 12.1. The summed E-state index contributed by atoms with van der Waals surface area (Å²) >= 11 is 0. The molecule has 0 radical (unpaired) electrons. The standard InChI is InChI=1S/C16H26N2O/c1-3-19-15-9-7-13(8-10-15)16-14(12-17)6-4-5-11-18(16)2/h7-10,14,16H,3-6,11-12,17H2,1-2H3. The Morgan fingerprint density at radius 1 is 1.26 bits per heavy atom. The van der Waals surface area contributed by atoms with Crippen LogP contribution in [-0.2, 0) is 0 Å². The van der Waals surface area contributed by atoms with Crippen LogP contribution < -0.4 is 10.5 Å². The number of rotatable bonds is 4. The minimum atomic E-state index is 0.447. The summed E-state index contributed by atoms with van der Waals surface area (Å²) in [6.45, 7) is 4.65. The number of likely N-dealkylation sites (tertiary alicyclic amines) is 1. The molecular weight excluding hydrogens is 236 g/mol. The van der Waals surface area contributed by atoms with Gasteiger partial charge in [-0.15, -0.1) is 0 Å². The molecule has 1 saturated heterocycles. The smallest absolute Gasteiger partial charge is 0.119 e. The number of hydrogen-bond acceptors (Lipinski definition) is 3. The Morgan fingerprint density at radius 2 is 2.00 bits per heavy atom. The molecule has 3 heteroatoms. The van der Waals surface area contributed by atoms with E-state index in [0.29, 0.717) is 18.6 Å². The maximum Gasteiger partial charge on any atom is 0.119 e. The first kappa shape index (κ1) is 14.4. The first-order valence-electron chi connectivity index (χ1n) is 7.39. The van der Waals surface area contributed by atoms with E-state index < -0.39 is 0 Å². The first-order valence-corrected chi connectivity index (χ1v) is 7.39. The molecular formula is C16H26N2O. The van der Waals surface area contributed by atoms with Crippen LogP contribution in [0.1, 0.15) is 37.8 Å². The van der Waals surface area contributed by atoms with Crippen LogP contribution in [0.3, 0.4) is 0 Å². The van der Waals surface area contributed by atoms with E-state index >= 15 is 0 Å². The molecule has 1 fully saturated rings. The van der Waals surface area contributed by atoms with E-state index in [9.17, 15) is 0 Å². The van der Waals surface area contributed by atoms with E-state index in [1.807, 2.05) is 6.92 Å². The van der Waals surface area contributed by atoms with Crippen LogP contribution in [0, 0.1) is 5.92 Å². The first-order chi connectivity index (χ1) is 9.26. The Morgan fingerprint density at radius 3 is 2.63 bits per heavy atom. The topological polar surface area (TPSA) is 38.5 Å². The fourth-order valence-electron chi connectivity index (χ4n) is 3.13. The van der Waals surface area contributed by atoms with Gasteiger partial charge in [0.2, 0.25) is 0 Å². The quantitative estimate of drug-likeness (QED) is 0.907. The van der Waals surface area contributed by atoms with Gasteiger partial charge in [0.25, 0.3) is 0 Å². The lowest BCUT2D eigenvalue weighted by Crippen LogP contribution is -2.32. The van der Waals surface area contributed by atoms with Crippen molar-refractivity contribution in [1.29, 1.82) is 0 Å². The number of benzene rings is 1. The highest BCUT2D eigenvalue weighted by molar-refractivity contribution is 5.29. The lowest BCUT2D eigenvalue weighted by atomic mass is 9.89. The molecule has 2 unspecified atom stereocenters. The molecule has 1 aliphatic rings. The van der Waals surface area contributed by atoms with E-state index in [0.717, 1.165) is 18.8 Å². The monoisotopic (exact) mass is 262 g/mol. The van der Waals surface area contributed by atoms with E-state index in [1.54, 1.807) is 0 Å². The predicted molar refractivity (Wildman–Crippen MR) is 79.4 cm³/mol. The van der Waals surface area contributed by atoms with Crippen LogP contribution in [0.2, 0.25) is 0 Å². The van der Waals surface area contributed by atoms with Crippen molar-refractivity contribution in [3.8, 4) is 5.75 Å². The van der Waals surface area contributed by atoms with Gasteiger partial charge in [-0.1, -0.05) is 18.6 Å². The Hall–Kier alpha value is -1.06. The van der Waals surface area contributed by atoms with Crippen LogP contribution >= 0.6 is 0 Å². The van der Waals surface area contributed by atoms with E-state index in [2.05, 4.69) is 36.2 Å². The molecule has 1 heterocycles. The molecule has 19 heavy (non-hydrogen) atoms. The summed E-state index contributed by atoms with van der Waals surface area (Å²) in [4.78, 5) is 2.46. The number of nitrogens with two attached hydrogens (primary N) is 1. The van der Waals surface area contributed by atoms with Gasteiger partial charge in [0.05, 0.1) is 6.61 Å². The van der Waals surface area contributed by atoms with Crippen molar-refractivity contribution in [2.75, 3.05) is 26.7 Å². The Balaban J connectivity index is 2.19. The Labute approximate surface area is 116 Å². The van der Waals surface area contributed by atoms with Crippen LogP contribution in [-0.4, -0.2) is 31.6 Å². The molecule has 1 aliphatic heterocycles. The highest BCUT2D eigenvalue weighted by Crippen LogP contribution is 2.34. The molecule has 2 N–H and O–H groups in total. The molecule has 0 aliphatic carbocycles. The maximum absolute atomic E-state index is 5.99. The van der Waals surface area contributed by atoms with Crippen molar-refractivity contribution in [2.45, 2.75) is 32.2 Å². The summed E-state index contributed by atoms with van der Waals surface area (Å²) in [5.41, 5.74) is 7.35. The Kier molecular flexibility index (Phi) is 5.23. The van der Waals surface area contributed by atoms with Gasteiger partial charge < -0.3 is 10.5 Å². The highest BCUT2D eigenvalue weighted by atomic mass is 16.5. The van der Waals surface area contributed by atoms with Gasteiger partial charge in [-0.2, -0.15) is 0 Å². The van der Waals surface area contributed by atoms with Crippen LogP contribution in [0.15, 0.2) is 24.3 Å². The van der Waals surface area contributed by atoms with Gasteiger partial charge in [-0.25, -0.2) is 0 Å². The average Bonchev–Trinajstić information content (AvgIpc) is 2.61. The molecule has 0 bridgehead atoms. The Bertz CT molecular complexity index is 377. The molecule has 1 aromatic carbocycles. The summed E-state index contributed by atoms with van der Waals surface area (Å²) in [5.74, 6) is 1.51. The summed E-state index contributed by atoms with van der Waals surface area (Å²) in [7, 11) is 2.22. The minimum Gasteiger partial charge on any atom is -0.494 e. The third-order valence-electron chi connectivity index (χ3n) is 4.09. The van der Waals surface area contributed by atoms with Crippen molar-refractivity contribution in [1.82, 2.24) is 4.90 Å². The molecule has 106 valence electrons. The van der Waals surface area contributed by atoms with Gasteiger partial charge >= 0.3 is 0 Å². The van der Waals surface area contributed by atoms with E-state index in [1.165, 1.54) is 24.8 Å². The van der Waals surface area contributed by atoms with Crippen molar-refractivity contribution >= 4 is 0 Å². The number of nitrogens with zero attached hydrogens (tertiary/aromatic N) is 1. The normalized spacial score (nSPS) is 25.0. The average molecular weight is 262 g/mol. The van der Waals surface area contributed by atoms with Crippen molar-refractivity contribution in [2.24, 2.45) is 11.7 Å². The second kappa shape index (κ2) is 6.92. The molecule has 2 atom stereocenters. The fraction of sp³-hybridized carbons (Fsp3) is 0.625. The van der Waals surface area contributed by atoms with Crippen molar-refractivity contribution < 1.29 is 4.74 Å². The van der Waals surface area contributed by atoms with E-state index in [-0.39, 0.29) is 0 Å². The zero-order valence-corrected chi connectivity index (χ0v) is 12.1. The third-order valence-corrected chi connectivity index (χ3v) is 4.09. The minimum absolute atomic E-state index is 0.447. The maximum atomic E-state index is 5.99.